The smallest absolute Gasteiger partial charge is 0.218 e. The number of allylic oxidation sites excluding steroid dienone is 4. The molecule has 3 fully saturated rings. The van der Waals surface area contributed by atoms with Gasteiger partial charge in [0.25, 0.3) is 0 Å². The van der Waals surface area contributed by atoms with Gasteiger partial charge in [-0.1, -0.05) is 19.9 Å². The third kappa shape index (κ3) is 2.03. The number of aliphatic hydroxyl groups excluding tert-OH is 1. The molecule has 154 valence electrons. The number of fused-ring (bicyclic) bond motifs is 5. The van der Waals surface area contributed by atoms with E-state index >= 15 is 8.78 Å². The number of halogens is 2. The van der Waals surface area contributed by atoms with Gasteiger partial charge in [-0.25, -0.2) is 8.78 Å². The second-order valence-electron chi connectivity index (χ2n) is 9.57. The molecule has 0 saturated heterocycles. The number of ketones is 1. The normalized spacial score (nSPS) is 55.2. The van der Waals surface area contributed by atoms with Crippen molar-refractivity contribution in [3.63, 3.8) is 0 Å². The van der Waals surface area contributed by atoms with Gasteiger partial charge in [0.2, 0.25) is 5.12 Å². The molecule has 0 heterocycles. The van der Waals surface area contributed by atoms with Crippen LogP contribution in [0.15, 0.2) is 23.8 Å². The summed E-state index contributed by atoms with van der Waals surface area (Å²) in [5, 5.41) is 21.6. The van der Waals surface area contributed by atoms with Crippen LogP contribution in [0, 0.1) is 28.6 Å². The number of thiol groups is 1. The van der Waals surface area contributed by atoms with Crippen molar-refractivity contribution in [1.29, 1.82) is 0 Å². The molecule has 28 heavy (non-hydrogen) atoms. The Hall–Kier alpha value is -1.05. The summed E-state index contributed by atoms with van der Waals surface area (Å²) in [6.45, 7) is 4.92. The highest BCUT2D eigenvalue weighted by molar-refractivity contribution is 7.96. The lowest BCUT2D eigenvalue weighted by atomic mass is 9.44. The first kappa shape index (κ1) is 20.2. The number of hydrogen-bond donors (Lipinski definition) is 3. The Morgan fingerprint density at radius 1 is 1.29 bits per heavy atom. The molecule has 7 heteroatoms. The van der Waals surface area contributed by atoms with Gasteiger partial charge in [0, 0.05) is 16.7 Å². The van der Waals surface area contributed by atoms with Gasteiger partial charge in [-0.15, -0.1) is 12.6 Å². The summed E-state index contributed by atoms with van der Waals surface area (Å²) >= 11 is 3.90. The molecule has 0 aliphatic heterocycles. The number of carbonyl (C=O) groups excluding carboxylic acids is 2. The van der Waals surface area contributed by atoms with Crippen LogP contribution in [-0.2, 0) is 9.59 Å². The van der Waals surface area contributed by atoms with Crippen molar-refractivity contribution in [3.05, 3.63) is 23.8 Å². The van der Waals surface area contributed by atoms with Crippen LogP contribution in [-0.4, -0.2) is 44.7 Å². The molecule has 0 aromatic heterocycles. The third-order valence-electron chi connectivity index (χ3n) is 8.54. The highest BCUT2D eigenvalue weighted by Gasteiger charge is 2.76. The molecule has 4 aliphatic rings. The highest BCUT2D eigenvalue weighted by atomic mass is 32.1. The van der Waals surface area contributed by atoms with Crippen LogP contribution in [0.25, 0.3) is 0 Å². The zero-order valence-corrected chi connectivity index (χ0v) is 17.0. The van der Waals surface area contributed by atoms with Crippen LogP contribution in [0.1, 0.15) is 40.0 Å². The molecule has 4 aliphatic carbocycles. The van der Waals surface area contributed by atoms with Crippen molar-refractivity contribution in [3.8, 4) is 0 Å². The van der Waals surface area contributed by atoms with Gasteiger partial charge in [-0.2, -0.15) is 0 Å². The summed E-state index contributed by atoms with van der Waals surface area (Å²) in [6.07, 6.45) is 0.703. The molecule has 0 unspecified atom stereocenters. The first-order chi connectivity index (χ1) is 12.8. The van der Waals surface area contributed by atoms with Crippen LogP contribution in [0.5, 0.6) is 0 Å². The van der Waals surface area contributed by atoms with E-state index in [1.807, 2.05) is 0 Å². The average molecular weight is 412 g/mol. The van der Waals surface area contributed by atoms with E-state index < -0.39 is 63.0 Å². The van der Waals surface area contributed by atoms with E-state index in [9.17, 15) is 19.8 Å². The van der Waals surface area contributed by atoms with Crippen molar-refractivity contribution in [1.82, 2.24) is 0 Å². The summed E-state index contributed by atoms with van der Waals surface area (Å²) in [5.74, 6) is -2.29. The molecule has 0 spiro atoms. The SMILES string of the molecule is C[C@@H]1C[C@H]2[C@@H]3C[C@H](F)C4=CC(=O)C=C[C@]4(C)[C@@]3(F)[C@@H](O)C[C@]2(C)[C@]1(O)C(=O)S. The van der Waals surface area contributed by atoms with Gasteiger partial charge in [-0.3, -0.25) is 9.59 Å². The van der Waals surface area contributed by atoms with Gasteiger partial charge >= 0.3 is 0 Å². The van der Waals surface area contributed by atoms with Gasteiger partial charge in [-0.05, 0) is 55.7 Å². The predicted molar refractivity (Wildman–Crippen MR) is 102 cm³/mol. The summed E-state index contributed by atoms with van der Waals surface area (Å²) < 4.78 is 32.0. The zero-order valence-electron chi connectivity index (χ0n) is 16.2. The minimum atomic E-state index is -2.20. The Morgan fingerprint density at radius 2 is 1.93 bits per heavy atom. The predicted octanol–water partition coefficient (Wildman–Crippen LogP) is 2.74. The molecular formula is C21H26F2O4S. The Labute approximate surface area is 168 Å². The van der Waals surface area contributed by atoms with Gasteiger partial charge in [0.15, 0.2) is 11.5 Å². The van der Waals surface area contributed by atoms with E-state index in [0.717, 1.165) is 6.08 Å². The van der Waals surface area contributed by atoms with Crippen molar-refractivity contribution < 1.29 is 28.6 Å². The topological polar surface area (TPSA) is 74.6 Å². The summed E-state index contributed by atoms with van der Waals surface area (Å²) in [4.78, 5) is 24.1. The second-order valence-corrected chi connectivity index (χ2v) is 9.97. The lowest BCUT2D eigenvalue weighted by Crippen LogP contribution is -2.70. The van der Waals surface area contributed by atoms with E-state index in [-0.39, 0.29) is 18.4 Å². The lowest BCUT2D eigenvalue weighted by Gasteiger charge is -2.62. The molecule has 0 aromatic rings. The number of alkyl halides is 2. The van der Waals surface area contributed by atoms with Gasteiger partial charge in [0.1, 0.15) is 11.8 Å². The quantitative estimate of drug-likeness (QED) is 0.579. The molecule has 2 N–H and O–H groups in total. The number of carbonyl (C=O) groups is 2. The molecular weight excluding hydrogens is 386 g/mol. The number of aliphatic hydroxyl groups is 2. The maximum absolute atomic E-state index is 16.8. The minimum Gasteiger partial charge on any atom is -0.390 e. The molecule has 0 amide bonds. The molecule has 4 rings (SSSR count). The van der Waals surface area contributed by atoms with Crippen molar-refractivity contribution in [2.45, 2.75) is 63.6 Å². The van der Waals surface area contributed by atoms with E-state index in [2.05, 4.69) is 12.6 Å². The van der Waals surface area contributed by atoms with E-state index in [1.54, 1.807) is 13.8 Å². The van der Waals surface area contributed by atoms with Crippen LogP contribution >= 0.6 is 12.6 Å². The Balaban J connectivity index is 1.88. The molecule has 0 radical (unpaired) electrons. The van der Waals surface area contributed by atoms with Crippen molar-refractivity contribution >= 4 is 23.5 Å². The fourth-order valence-corrected chi connectivity index (χ4v) is 7.47. The highest BCUT2D eigenvalue weighted by Crippen LogP contribution is 2.71. The fraction of sp³-hybridized carbons (Fsp3) is 0.714. The van der Waals surface area contributed by atoms with E-state index in [4.69, 9.17) is 0 Å². The third-order valence-corrected chi connectivity index (χ3v) is 8.88. The van der Waals surface area contributed by atoms with E-state index in [1.165, 1.54) is 19.1 Å². The molecule has 0 aromatic carbocycles. The van der Waals surface area contributed by atoms with Crippen LogP contribution < -0.4 is 0 Å². The lowest BCUT2D eigenvalue weighted by molar-refractivity contribution is -0.221. The first-order valence-electron chi connectivity index (χ1n) is 9.76. The number of rotatable bonds is 1. The van der Waals surface area contributed by atoms with E-state index in [0.29, 0.717) is 6.42 Å². The Kier molecular flexibility index (Phi) is 4.16. The van der Waals surface area contributed by atoms with Gasteiger partial charge in [0.05, 0.1) is 6.10 Å². The monoisotopic (exact) mass is 412 g/mol. The largest absolute Gasteiger partial charge is 0.390 e. The maximum atomic E-state index is 16.8. The molecule has 4 nitrogen and oxygen atoms in total. The summed E-state index contributed by atoms with van der Waals surface area (Å²) in [6, 6.07) is 0. The Bertz CT molecular complexity index is 827. The average Bonchev–Trinajstić information content (AvgIpc) is 2.81. The van der Waals surface area contributed by atoms with Crippen molar-refractivity contribution in [2.24, 2.45) is 28.6 Å². The zero-order chi connectivity index (χ0) is 20.9. The summed E-state index contributed by atoms with van der Waals surface area (Å²) in [5.41, 5.74) is -6.53. The Morgan fingerprint density at radius 3 is 2.54 bits per heavy atom. The fourth-order valence-electron chi connectivity index (χ4n) is 7.00. The molecule has 3 saturated carbocycles. The minimum absolute atomic E-state index is 0.0629. The maximum Gasteiger partial charge on any atom is 0.218 e. The summed E-state index contributed by atoms with van der Waals surface area (Å²) in [7, 11) is 0. The van der Waals surface area contributed by atoms with Crippen LogP contribution in [0.2, 0.25) is 0 Å². The van der Waals surface area contributed by atoms with Gasteiger partial charge < -0.3 is 10.2 Å². The first-order valence-corrected chi connectivity index (χ1v) is 10.2. The van der Waals surface area contributed by atoms with Crippen molar-refractivity contribution in [2.75, 3.05) is 0 Å². The molecule has 0 bridgehead atoms. The molecule has 9 atom stereocenters. The number of hydrogen-bond acceptors (Lipinski definition) is 4. The van der Waals surface area contributed by atoms with Crippen LogP contribution in [0.4, 0.5) is 8.78 Å². The van der Waals surface area contributed by atoms with Crippen LogP contribution in [0.3, 0.4) is 0 Å². The standard InChI is InChI=1S/C21H26F2O4S/c1-10-6-12-13-8-15(22)14-7-11(24)4-5-18(14,2)20(13,23)16(25)9-19(12,3)21(10,27)17(26)28/h4-5,7,10,12-13,15-16,25,27H,6,8-9H2,1-3H3,(H,26,28)/t10-,12+,13+,15+,16+,18+,19+,20+,21-/m1/s1. The second kappa shape index (κ2) is 5.76.